The molecule has 0 aliphatic carbocycles. The zero-order valence-corrected chi connectivity index (χ0v) is 19.4. The monoisotopic (exact) mass is 448 g/mol. The number of unbranched alkanes of at least 4 members (excludes halogenated alkanes) is 1. The number of halogens is 2. The number of benzene rings is 2. The third-order valence-electron chi connectivity index (χ3n) is 5.01. The Morgan fingerprint density at radius 3 is 2.50 bits per heavy atom. The van der Waals surface area contributed by atoms with E-state index in [4.69, 9.17) is 23.2 Å². The van der Waals surface area contributed by atoms with Crippen molar-refractivity contribution in [1.29, 1.82) is 0 Å². The molecular formula is C24H30Cl2N2O2. The van der Waals surface area contributed by atoms with Crippen molar-refractivity contribution in [3.63, 3.8) is 0 Å². The van der Waals surface area contributed by atoms with Crippen LogP contribution in [0.5, 0.6) is 0 Å². The van der Waals surface area contributed by atoms with Crippen LogP contribution in [0.4, 0.5) is 0 Å². The maximum absolute atomic E-state index is 13.3. The molecule has 0 aliphatic rings. The molecule has 30 heavy (non-hydrogen) atoms. The summed E-state index contributed by atoms with van der Waals surface area (Å²) in [7, 11) is 0. The van der Waals surface area contributed by atoms with Crippen molar-refractivity contribution in [3.8, 4) is 0 Å². The lowest BCUT2D eigenvalue weighted by molar-refractivity contribution is -0.140. The van der Waals surface area contributed by atoms with Crippen LogP contribution in [-0.2, 0) is 22.6 Å². The molecule has 1 atom stereocenters. The summed E-state index contributed by atoms with van der Waals surface area (Å²) in [5.74, 6) is -0.257. The van der Waals surface area contributed by atoms with E-state index in [2.05, 4.69) is 12.2 Å². The van der Waals surface area contributed by atoms with Crippen LogP contribution < -0.4 is 5.32 Å². The maximum Gasteiger partial charge on any atom is 0.242 e. The van der Waals surface area contributed by atoms with Gasteiger partial charge in [0.1, 0.15) is 6.04 Å². The number of carbonyl (C=O) groups excluding carboxylic acids is 2. The molecule has 4 nitrogen and oxygen atoms in total. The summed E-state index contributed by atoms with van der Waals surface area (Å²) >= 11 is 12.3. The predicted molar refractivity (Wildman–Crippen MR) is 124 cm³/mol. The molecule has 2 aromatic rings. The normalized spacial score (nSPS) is 11.8. The number of hydrogen-bond donors (Lipinski definition) is 1. The van der Waals surface area contributed by atoms with Gasteiger partial charge in [0.05, 0.1) is 6.42 Å². The highest BCUT2D eigenvalue weighted by Crippen LogP contribution is 2.23. The number of rotatable bonds is 10. The molecular weight excluding hydrogens is 419 g/mol. The smallest absolute Gasteiger partial charge is 0.242 e. The first-order valence-corrected chi connectivity index (χ1v) is 11.2. The van der Waals surface area contributed by atoms with Gasteiger partial charge in [-0.2, -0.15) is 0 Å². The summed E-state index contributed by atoms with van der Waals surface area (Å²) in [5.41, 5.74) is 2.80. The summed E-state index contributed by atoms with van der Waals surface area (Å²) in [5, 5.41) is 3.95. The van der Waals surface area contributed by atoms with Gasteiger partial charge in [-0.3, -0.25) is 9.59 Å². The van der Waals surface area contributed by atoms with Gasteiger partial charge in [0.15, 0.2) is 0 Å². The Kier molecular flexibility index (Phi) is 9.67. The van der Waals surface area contributed by atoms with Crippen molar-refractivity contribution in [2.45, 2.75) is 59.0 Å². The molecule has 0 aliphatic heterocycles. The van der Waals surface area contributed by atoms with Gasteiger partial charge in [0.25, 0.3) is 0 Å². The topological polar surface area (TPSA) is 49.4 Å². The van der Waals surface area contributed by atoms with E-state index in [1.165, 1.54) is 0 Å². The minimum Gasteiger partial charge on any atom is -0.354 e. The van der Waals surface area contributed by atoms with Crippen molar-refractivity contribution in [1.82, 2.24) is 10.2 Å². The number of hydrogen-bond acceptors (Lipinski definition) is 2. The van der Waals surface area contributed by atoms with Gasteiger partial charge in [-0.05, 0) is 43.0 Å². The molecule has 0 fully saturated rings. The minimum atomic E-state index is -0.541. The first-order valence-electron chi connectivity index (χ1n) is 10.4. The molecule has 0 heterocycles. The zero-order valence-electron chi connectivity index (χ0n) is 17.9. The van der Waals surface area contributed by atoms with Crippen LogP contribution >= 0.6 is 23.2 Å². The van der Waals surface area contributed by atoms with Gasteiger partial charge in [-0.1, -0.05) is 79.4 Å². The number of amides is 2. The third kappa shape index (κ3) is 7.03. The molecule has 6 heteroatoms. The van der Waals surface area contributed by atoms with E-state index in [0.717, 1.165) is 24.0 Å². The molecule has 0 aromatic heterocycles. The Morgan fingerprint density at radius 1 is 1.10 bits per heavy atom. The fourth-order valence-electron chi connectivity index (χ4n) is 3.36. The van der Waals surface area contributed by atoms with Crippen LogP contribution in [0.2, 0.25) is 10.0 Å². The summed E-state index contributed by atoms with van der Waals surface area (Å²) in [4.78, 5) is 27.9. The number of aryl methyl sites for hydroxylation is 1. The standard InChI is InChI=1S/C24H30Cl2N2O2/c1-4-6-12-27-24(30)22(5-2)28(16-18-9-7-8-17(3)13-18)23(29)14-19-10-11-20(25)15-21(19)26/h7-11,13,15,22H,4-6,12,14,16H2,1-3H3,(H,27,30)/t22-/m0/s1. The molecule has 162 valence electrons. The van der Waals surface area contributed by atoms with Crippen LogP contribution in [0.1, 0.15) is 49.8 Å². The second kappa shape index (κ2) is 12.0. The summed E-state index contributed by atoms with van der Waals surface area (Å²) in [6.45, 7) is 6.99. The molecule has 2 amide bonds. The quantitative estimate of drug-likeness (QED) is 0.483. The van der Waals surface area contributed by atoms with E-state index >= 15 is 0 Å². The van der Waals surface area contributed by atoms with Crippen LogP contribution in [-0.4, -0.2) is 29.3 Å². The van der Waals surface area contributed by atoms with E-state index in [9.17, 15) is 9.59 Å². The number of nitrogens with one attached hydrogen (secondary N) is 1. The van der Waals surface area contributed by atoms with Crippen molar-refractivity contribution in [3.05, 3.63) is 69.2 Å². The fourth-order valence-corrected chi connectivity index (χ4v) is 3.84. The zero-order chi connectivity index (χ0) is 22.1. The Hall–Kier alpha value is -2.04. The lowest BCUT2D eigenvalue weighted by Crippen LogP contribution is -2.49. The van der Waals surface area contributed by atoms with Crippen LogP contribution in [0.3, 0.4) is 0 Å². The number of nitrogens with zero attached hydrogens (tertiary/aromatic N) is 1. The van der Waals surface area contributed by atoms with E-state index < -0.39 is 6.04 Å². The molecule has 0 bridgehead atoms. The highest BCUT2D eigenvalue weighted by Gasteiger charge is 2.28. The van der Waals surface area contributed by atoms with E-state index in [-0.39, 0.29) is 18.2 Å². The second-order valence-corrected chi connectivity index (χ2v) is 8.34. The molecule has 0 spiro atoms. The third-order valence-corrected chi connectivity index (χ3v) is 5.59. The van der Waals surface area contributed by atoms with Gasteiger partial charge in [-0.15, -0.1) is 0 Å². The van der Waals surface area contributed by atoms with Gasteiger partial charge < -0.3 is 10.2 Å². The van der Waals surface area contributed by atoms with Gasteiger partial charge in [0.2, 0.25) is 11.8 Å². The summed E-state index contributed by atoms with van der Waals surface area (Å²) < 4.78 is 0. The average Bonchev–Trinajstić information content (AvgIpc) is 2.70. The van der Waals surface area contributed by atoms with Crippen molar-refractivity contribution >= 4 is 35.0 Å². The van der Waals surface area contributed by atoms with Gasteiger partial charge >= 0.3 is 0 Å². The number of carbonyl (C=O) groups is 2. The molecule has 0 radical (unpaired) electrons. The highest BCUT2D eigenvalue weighted by atomic mass is 35.5. The van der Waals surface area contributed by atoms with Gasteiger partial charge in [0, 0.05) is 23.1 Å². The molecule has 0 unspecified atom stereocenters. The Bertz CT molecular complexity index is 870. The Morgan fingerprint density at radius 2 is 1.87 bits per heavy atom. The summed E-state index contributed by atoms with van der Waals surface area (Å²) in [6, 6.07) is 12.6. The van der Waals surface area contributed by atoms with Crippen molar-refractivity contribution in [2.24, 2.45) is 0 Å². The molecule has 1 N–H and O–H groups in total. The highest BCUT2D eigenvalue weighted by molar-refractivity contribution is 6.35. The van der Waals surface area contributed by atoms with Crippen molar-refractivity contribution < 1.29 is 9.59 Å². The lowest BCUT2D eigenvalue weighted by Gasteiger charge is -2.31. The van der Waals surface area contributed by atoms with E-state index in [1.54, 1.807) is 23.1 Å². The minimum absolute atomic E-state index is 0.112. The van der Waals surface area contributed by atoms with Crippen LogP contribution in [0.15, 0.2) is 42.5 Å². The second-order valence-electron chi connectivity index (χ2n) is 7.49. The van der Waals surface area contributed by atoms with Crippen molar-refractivity contribution in [2.75, 3.05) is 6.54 Å². The van der Waals surface area contributed by atoms with Crippen LogP contribution in [0, 0.1) is 6.92 Å². The Labute approximate surface area is 189 Å². The van der Waals surface area contributed by atoms with Crippen LogP contribution in [0.25, 0.3) is 0 Å². The SMILES string of the molecule is CCCCNC(=O)[C@H](CC)N(Cc1cccc(C)c1)C(=O)Cc1ccc(Cl)cc1Cl. The Balaban J connectivity index is 2.28. The first kappa shape index (κ1) is 24.2. The maximum atomic E-state index is 13.3. The fraction of sp³-hybridized carbons (Fsp3) is 0.417. The molecule has 0 saturated carbocycles. The average molecular weight is 449 g/mol. The largest absolute Gasteiger partial charge is 0.354 e. The molecule has 0 saturated heterocycles. The van der Waals surface area contributed by atoms with Gasteiger partial charge in [-0.25, -0.2) is 0 Å². The summed E-state index contributed by atoms with van der Waals surface area (Å²) in [6.07, 6.45) is 2.55. The predicted octanol–water partition coefficient (Wildman–Crippen LogP) is 5.57. The van der Waals surface area contributed by atoms with E-state index in [0.29, 0.717) is 35.1 Å². The van der Waals surface area contributed by atoms with E-state index in [1.807, 2.05) is 38.1 Å². The lowest BCUT2D eigenvalue weighted by atomic mass is 10.1. The molecule has 2 rings (SSSR count). The first-order chi connectivity index (χ1) is 14.3. The molecule has 2 aromatic carbocycles.